The van der Waals surface area contributed by atoms with Gasteiger partial charge in [-0.25, -0.2) is 4.98 Å². The van der Waals surface area contributed by atoms with Gasteiger partial charge in [0.05, 0.1) is 0 Å². The average molecular weight is 299 g/mol. The minimum Gasteiger partial charge on any atom is -0.469 e. The third kappa shape index (κ3) is 3.11. The molecule has 2 aliphatic rings. The van der Waals surface area contributed by atoms with Crippen LogP contribution in [0.25, 0.3) is 0 Å². The van der Waals surface area contributed by atoms with Crippen molar-refractivity contribution in [1.29, 1.82) is 0 Å². The van der Waals surface area contributed by atoms with Gasteiger partial charge in [-0.3, -0.25) is 0 Å². The van der Waals surface area contributed by atoms with Gasteiger partial charge in [0, 0.05) is 44.9 Å². The maximum atomic E-state index is 5.71. The Labute approximate surface area is 130 Å². The number of hydrogen-bond donors (Lipinski definition) is 0. The zero-order valence-corrected chi connectivity index (χ0v) is 12.7. The molecule has 2 aromatic heterocycles. The molecule has 0 amide bonds. The van der Waals surface area contributed by atoms with E-state index in [2.05, 4.69) is 24.6 Å². The standard InChI is InChI=1S/C16H21N5O/c1-2-7-17-16(3-1)22-12-15-19-18-14-6-8-20(9-10-21(14)15)11-13-4-5-13/h1-3,7,13H,4-6,8-12H2. The first kappa shape index (κ1) is 13.7. The summed E-state index contributed by atoms with van der Waals surface area (Å²) in [4.78, 5) is 6.74. The highest BCUT2D eigenvalue weighted by Crippen LogP contribution is 2.30. The molecule has 3 heterocycles. The molecule has 6 nitrogen and oxygen atoms in total. The maximum absolute atomic E-state index is 5.71. The molecule has 0 radical (unpaired) electrons. The van der Waals surface area contributed by atoms with E-state index in [1.54, 1.807) is 6.20 Å². The third-order valence-electron chi connectivity index (χ3n) is 4.40. The SMILES string of the molecule is c1ccc(OCc2nnc3n2CCN(CC2CC2)CC3)nc1. The minimum absolute atomic E-state index is 0.423. The molecule has 22 heavy (non-hydrogen) atoms. The van der Waals surface area contributed by atoms with Crippen molar-refractivity contribution in [2.24, 2.45) is 5.92 Å². The predicted molar refractivity (Wildman–Crippen MR) is 81.5 cm³/mol. The van der Waals surface area contributed by atoms with Gasteiger partial charge in [0.25, 0.3) is 0 Å². The second-order valence-electron chi connectivity index (χ2n) is 6.13. The molecule has 0 aromatic carbocycles. The fourth-order valence-electron chi connectivity index (χ4n) is 2.95. The molecule has 6 heteroatoms. The smallest absolute Gasteiger partial charge is 0.213 e. The Balaban J connectivity index is 1.40. The van der Waals surface area contributed by atoms with Crippen LogP contribution in [0.15, 0.2) is 24.4 Å². The fraction of sp³-hybridized carbons (Fsp3) is 0.562. The van der Waals surface area contributed by atoms with Crippen LogP contribution in [0.1, 0.15) is 24.5 Å². The highest BCUT2D eigenvalue weighted by atomic mass is 16.5. The molecule has 0 N–H and O–H groups in total. The predicted octanol–water partition coefficient (Wildman–Crippen LogP) is 1.52. The van der Waals surface area contributed by atoms with E-state index in [4.69, 9.17) is 4.74 Å². The highest BCUT2D eigenvalue weighted by molar-refractivity contribution is 5.09. The van der Waals surface area contributed by atoms with Gasteiger partial charge in [0.15, 0.2) is 5.82 Å². The average Bonchev–Trinajstić information content (AvgIpc) is 3.32. The van der Waals surface area contributed by atoms with E-state index in [0.29, 0.717) is 12.5 Å². The summed E-state index contributed by atoms with van der Waals surface area (Å²) in [7, 11) is 0. The van der Waals surface area contributed by atoms with Gasteiger partial charge in [0.2, 0.25) is 5.88 Å². The minimum atomic E-state index is 0.423. The quantitative estimate of drug-likeness (QED) is 0.838. The van der Waals surface area contributed by atoms with Crippen LogP contribution in [0, 0.1) is 5.92 Å². The Bertz CT molecular complexity index is 623. The van der Waals surface area contributed by atoms with Crippen LogP contribution in [0.5, 0.6) is 5.88 Å². The lowest BCUT2D eigenvalue weighted by atomic mass is 10.3. The Hall–Kier alpha value is -1.95. The topological polar surface area (TPSA) is 56.1 Å². The second-order valence-corrected chi connectivity index (χ2v) is 6.13. The normalized spacial score (nSPS) is 18.7. The van der Waals surface area contributed by atoms with E-state index in [1.165, 1.54) is 19.4 Å². The lowest BCUT2D eigenvalue weighted by molar-refractivity contribution is 0.257. The molecule has 1 aliphatic heterocycles. The molecule has 0 bridgehead atoms. The van der Waals surface area contributed by atoms with E-state index < -0.39 is 0 Å². The van der Waals surface area contributed by atoms with E-state index in [1.807, 2.05) is 18.2 Å². The number of nitrogens with zero attached hydrogens (tertiary/aromatic N) is 5. The van der Waals surface area contributed by atoms with Crippen LogP contribution in [-0.4, -0.2) is 44.3 Å². The lowest BCUT2D eigenvalue weighted by Crippen LogP contribution is -2.29. The van der Waals surface area contributed by atoms with E-state index >= 15 is 0 Å². The van der Waals surface area contributed by atoms with E-state index in [0.717, 1.165) is 43.6 Å². The molecule has 2 aromatic rings. The maximum Gasteiger partial charge on any atom is 0.213 e. The zero-order chi connectivity index (χ0) is 14.8. The van der Waals surface area contributed by atoms with Gasteiger partial charge >= 0.3 is 0 Å². The highest BCUT2D eigenvalue weighted by Gasteiger charge is 2.26. The molecule has 1 fully saturated rings. The summed E-state index contributed by atoms with van der Waals surface area (Å²) in [5.74, 6) is 3.55. The van der Waals surface area contributed by atoms with Crippen LogP contribution < -0.4 is 4.74 Å². The first-order valence-electron chi connectivity index (χ1n) is 8.05. The molecule has 1 aliphatic carbocycles. The third-order valence-corrected chi connectivity index (χ3v) is 4.40. The van der Waals surface area contributed by atoms with Crippen LogP contribution in [0.2, 0.25) is 0 Å². The van der Waals surface area contributed by atoms with Gasteiger partial charge < -0.3 is 14.2 Å². The van der Waals surface area contributed by atoms with Crippen molar-refractivity contribution in [2.75, 3.05) is 19.6 Å². The summed E-state index contributed by atoms with van der Waals surface area (Å²) >= 11 is 0. The van der Waals surface area contributed by atoms with Gasteiger partial charge in [0.1, 0.15) is 12.4 Å². The molecular weight excluding hydrogens is 278 g/mol. The molecule has 0 spiro atoms. The fourth-order valence-corrected chi connectivity index (χ4v) is 2.95. The summed E-state index contributed by atoms with van der Waals surface area (Å²) in [6.45, 7) is 4.80. The van der Waals surface area contributed by atoms with Crippen molar-refractivity contribution in [2.45, 2.75) is 32.4 Å². The number of hydrogen-bond acceptors (Lipinski definition) is 5. The van der Waals surface area contributed by atoms with Crippen LogP contribution in [0.4, 0.5) is 0 Å². The van der Waals surface area contributed by atoms with Crippen molar-refractivity contribution < 1.29 is 4.74 Å². The summed E-state index contributed by atoms with van der Waals surface area (Å²) in [5.41, 5.74) is 0. The Kier molecular flexibility index (Phi) is 3.76. The second kappa shape index (κ2) is 6.04. The van der Waals surface area contributed by atoms with Gasteiger partial charge in [-0.05, 0) is 24.8 Å². The molecule has 116 valence electrons. The van der Waals surface area contributed by atoms with Gasteiger partial charge in [-0.2, -0.15) is 0 Å². The molecule has 1 saturated carbocycles. The van der Waals surface area contributed by atoms with Gasteiger partial charge in [-0.15, -0.1) is 10.2 Å². The van der Waals surface area contributed by atoms with Crippen LogP contribution in [0.3, 0.4) is 0 Å². The van der Waals surface area contributed by atoms with Crippen molar-refractivity contribution in [3.05, 3.63) is 36.0 Å². The van der Waals surface area contributed by atoms with Crippen molar-refractivity contribution >= 4 is 0 Å². The monoisotopic (exact) mass is 299 g/mol. The molecule has 0 unspecified atom stereocenters. The van der Waals surface area contributed by atoms with Crippen molar-refractivity contribution in [3.8, 4) is 5.88 Å². The molecular formula is C16H21N5O. The molecule has 0 saturated heterocycles. The Morgan fingerprint density at radius 1 is 1.14 bits per heavy atom. The summed E-state index contributed by atoms with van der Waals surface area (Å²) < 4.78 is 7.93. The summed E-state index contributed by atoms with van der Waals surface area (Å²) in [5, 5.41) is 8.64. The van der Waals surface area contributed by atoms with Crippen molar-refractivity contribution in [3.63, 3.8) is 0 Å². The van der Waals surface area contributed by atoms with Crippen LogP contribution in [-0.2, 0) is 19.6 Å². The number of rotatable bonds is 5. The Morgan fingerprint density at radius 2 is 2.09 bits per heavy atom. The first-order chi connectivity index (χ1) is 10.9. The van der Waals surface area contributed by atoms with Crippen molar-refractivity contribution in [1.82, 2.24) is 24.6 Å². The Morgan fingerprint density at radius 3 is 2.91 bits per heavy atom. The van der Waals surface area contributed by atoms with Gasteiger partial charge in [-0.1, -0.05) is 6.07 Å². The zero-order valence-electron chi connectivity index (χ0n) is 12.7. The van der Waals surface area contributed by atoms with Crippen LogP contribution >= 0.6 is 0 Å². The number of ether oxygens (including phenoxy) is 1. The lowest BCUT2D eigenvalue weighted by Gasteiger charge is -2.18. The number of pyridine rings is 1. The summed E-state index contributed by atoms with van der Waals surface area (Å²) in [6, 6.07) is 5.66. The first-order valence-corrected chi connectivity index (χ1v) is 8.05. The van der Waals surface area contributed by atoms with E-state index in [-0.39, 0.29) is 0 Å². The number of aromatic nitrogens is 4. The largest absolute Gasteiger partial charge is 0.469 e. The molecule has 0 atom stereocenters. The summed E-state index contributed by atoms with van der Waals surface area (Å²) in [6.07, 6.45) is 5.52. The van der Waals surface area contributed by atoms with E-state index in [9.17, 15) is 0 Å². The molecule has 4 rings (SSSR count). The number of fused-ring (bicyclic) bond motifs is 1.